The molecule has 0 rings (SSSR count). The van der Waals surface area contributed by atoms with Crippen molar-refractivity contribution in [2.24, 2.45) is 4.99 Å². The molecular formula is C8H13NO2. The Balaban J connectivity index is 4.17. The Morgan fingerprint density at radius 2 is 2.36 bits per heavy atom. The van der Waals surface area contributed by atoms with Crippen LogP contribution in [0.3, 0.4) is 0 Å². The van der Waals surface area contributed by atoms with E-state index in [0.29, 0.717) is 5.90 Å². The van der Waals surface area contributed by atoms with Gasteiger partial charge in [-0.1, -0.05) is 6.58 Å². The largest absolute Gasteiger partial charge is 0.481 e. The normalized spacial score (nSPS) is 13.0. The summed E-state index contributed by atoms with van der Waals surface area (Å²) < 4.78 is 4.80. The molecular weight excluding hydrogens is 142 g/mol. The van der Waals surface area contributed by atoms with Gasteiger partial charge in [0.05, 0.1) is 13.7 Å². The second-order valence-electron chi connectivity index (χ2n) is 2.01. The van der Waals surface area contributed by atoms with Crippen molar-refractivity contribution in [3.05, 3.63) is 24.4 Å². The maximum absolute atomic E-state index is 8.59. The van der Waals surface area contributed by atoms with Gasteiger partial charge in [-0.05, 0) is 18.6 Å². The third kappa shape index (κ3) is 4.33. The van der Waals surface area contributed by atoms with Crippen LogP contribution in [0.2, 0.25) is 0 Å². The Morgan fingerprint density at radius 1 is 1.73 bits per heavy atom. The van der Waals surface area contributed by atoms with E-state index in [1.807, 2.05) is 0 Å². The topological polar surface area (TPSA) is 41.8 Å². The van der Waals surface area contributed by atoms with Crippen LogP contribution in [0.4, 0.5) is 0 Å². The van der Waals surface area contributed by atoms with Gasteiger partial charge in [0.15, 0.2) is 0 Å². The van der Waals surface area contributed by atoms with Crippen LogP contribution in [0, 0.1) is 0 Å². The lowest BCUT2D eigenvalue weighted by atomic mass is 10.4. The van der Waals surface area contributed by atoms with Gasteiger partial charge in [-0.3, -0.25) is 0 Å². The summed E-state index contributed by atoms with van der Waals surface area (Å²) in [5, 5.41) is 8.59. The van der Waals surface area contributed by atoms with Crippen LogP contribution in [-0.2, 0) is 4.74 Å². The third-order valence-electron chi connectivity index (χ3n) is 1.05. The lowest BCUT2D eigenvalue weighted by Crippen LogP contribution is -1.94. The highest BCUT2D eigenvalue weighted by atomic mass is 16.5. The number of aliphatic hydroxyl groups excluding tert-OH is 1. The lowest BCUT2D eigenvalue weighted by molar-refractivity contribution is 0.331. The number of aliphatic hydroxyl groups is 1. The zero-order valence-corrected chi connectivity index (χ0v) is 6.87. The third-order valence-corrected chi connectivity index (χ3v) is 1.05. The number of methoxy groups -OCH3 is 1. The van der Waals surface area contributed by atoms with Gasteiger partial charge >= 0.3 is 0 Å². The minimum atomic E-state index is 0.0115. The maximum atomic E-state index is 8.59. The molecule has 0 aromatic rings. The number of hydrogen-bond acceptors (Lipinski definition) is 3. The Kier molecular flexibility index (Phi) is 5.11. The molecule has 0 amide bonds. The van der Waals surface area contributed by atoms with Gasteiger partial charge in [0.1, 0.15) is 0 Å². The summed E-state index contributed by atoms with van der Waals surface area (Å²) in [5.74, 6) is 0.442. The van der Waals surface area contributed by atoms with Crippen LogP contribution in [0.25, 0.3) is 0 Å². The molecule has 62 valence electrons. The van der Waals surface area contributed by atoms with E-state index in [-0.39, 0.29) is 6.61 Å². The average molecular weight is 155 g/mol. The fourth-order valence-electron chi connectivity index (χ4n) is 0.403. The number of ether oxygens (including phenoxy) is 1. The van der Waals surface area contributed by atoms with E-state index in [4.69, 9.17) is 9.84 Å². The van der Waals surface area contributed by atoms with Gasteiger partial charge in [-0.15, -0.1) is 0 Å². The van der Waals surface area contributed by atoms with Crippen molar-refractivity contribution in [1.82, 2.24) is 0 Å². The zero-order valence-electron chi connectivity index (χ0n) is 6.87. The SMILES string of the molecule is C=C/C(=N\C=C(/C)CO)OC. The molecule has 11 heavy (non-hydrogen) atoms. The fraction of sp³-hybridized carbons (Fsp3) is 0.375. The van der Waals surface area contributed by atoms with Crippen molar-refractivity contribution in [2.45, 2.75) is 6.92 Å². The molecule has 0 saturated heterocycles. The smallest absolute Gasteiger partial charge is 0.212 e. The van der Waals surface area contributed by atoms with Crippen LogP contribution in [0.5, 0.6) is 0 Å². The summed E-state index contributed by atoms with van der Waals surface area (Å²) in [6, 6.07) is 0. The van der Waals surface area contributed by atoms with E-state index < -0.39 is 0 Å². The molecule has 0 heterocycles. The molecule has 0 fully saturated rings. The van der Waals surface area contributed by atoms with E-state index in [1.54, 1.807) is 13.1 Å². The first-order valence-electron chi connectivity index (χ1n) is 3.25. The minimum Gasteiger partial charge on any atom is -0.481 e. The van der Waals surface area contributed by atoms with Crippen molar-refractivity contribution in [1.29, 1.82) is 0 Å². The van der Waals surface area contributed by atoms with Crippen molar-refractivity contribution in [3.8, 4) is 0 Å². The summed E-state index contributed by atoms with van der Waals surface area (Å²) in [5.41, 5.74) is 0.779. The first-order chi connectivity index (χ1) is 5.24. The quantitative estimate of drug-likeness (QED) is 0.490. The summed E-state index contributed by atoms with van der Waals surface area (Å²) >= 11 is 0. The van der Waals surface area contributed by atoms with Crippen molar-refractivity contribution in [3.63, 3.8) is 0 Å². The zero-order chi connectivity index (χ0) is 8.69. The second-order valence-corrected chi connectivity index (χ2v) is 2.01. The maximum Gasteiger partial charge on any atom is 0.212 e. The minimum absolute atomic E-state index is 0.0115. The van der Waals surface area contributed by atoms with Crippen LogP contribution < -0.4 is 0 Å². The van der Waals surface area contributed by atoms with Gasteiger partial charge in [0.2, 0.25) is 5.90 Å². The molecule has 0 aromatic carbocycles. The Bertz CT molecular complexity index is 183. The van der Waals surface area contributed by atoms with E-state index in [1.165, 1.54) is 13.2 Å². The standard InChI is InChI=1S/C8H13NO2/c1-4-8(11-3)9-5-7(2)6-10/h4-5,10H,1,6H2,2-3H3/b7-5+,9-8+. The Morgan fingerprint density at radius 3 is 2.73 bits per heavy atom. The van der Waals surface area contributed by atoms with E-state index in [2.05, 4.69) is 11.6 Å². The average Bonchev–Trinajstić information content (AvgIpc) is 2.06. The fourth-order valence-corrected chi connectivity index (χ4v) is 0.403. The number of aliphatic imine (C=N–C) groups is 1. The number of hydrogen-bond donors (Lipinski definition) is 1. The van der Waals surface area contributed by atoms with Crippen LogP contribution in [0.1, 0.15) is 6.92 Å². The molecule has 0 bridgehead atoms. The molecule has 0 radical (unpaired) electrons. The van der Waals surface area contributed by atoms with Gasteiger partial charge < -0.3 is 9.84 Å². The molecule has 0 spiro atoms. The summed E-state index contributed by atoms with van der Waals surface area (Å²) in [6.45, 7) is 5.28. The molecule has 0 saturated carbocycles. The summed E-state index contributed by atoms with van der Waals surface area (Å²) in [7, 11) is 1.52. The predicted octanol–water partition coefficient (Wildman–Crippen LogP) is 1.11. The van der Waals surface area contributed by atoms with Crippen LogP contribution >= 0.6 is 0 Å². The van der Waals surface area contributed by atoms with E-state index >= 15 is 0 Å². The van der Waals surface area contributed by atoms with E-state index in [9.17, 15) is 0 Å². The van der Waals surface area contributed by atoms with Crippen LogP contribution in [-0.4, -0.2) is 24.7 Å². The first kappa shape index (κ1) is 9.91. The monoisotopic (exact) mass is 155 g/mol. The van der Waals surface area contributed by atoms with E-state index in [0.717, 1.165) is 5.57 Å². The summed E-state index contributed by atoms with van der Waals surface area (Å²) in [4.78, 5) is 3.89. The Labute approximate surface area is 66.7 Å². The molecule has 0 unspecified atom stereocenters. The number of rotatable bonds is 3. The molecule has 0 atom stereocenters. The van der Waals surface area contributed by atoms with Crippen LogP contribution in [0.15, 0.2) is 29.4 Å². The highest BCUT2D eigenvalue weighted by molar-refractivity contribution is 5.87. The molecule has 0 aliphatic heterocycles. The molecule has 0 aromatic heterocycles. The second kappa shape index (κ2) is 5.68. The highest BCUT2D eigenvalue weighted by Gasteiger charge is 1.86. The molecule has 1 N–H and O–H groups in total. The van der Waals surface area contributed by atoms with Gasteiger partial charge in [-0.25, -0.2) is 4.99 Å². The van der Waals surface area contributed by atoms with Gasteiger partial charge in [0.25, 0.3) is 0 Å². The molecule has 3 nitrogen and oxygen atoms in total. The van der Waals surface area contributed by atoms with Gasteiger partial charge in [0, 0.05) is 6.20 Å². The Hall–Kier alpha value is -1.09. The predicted molar refractivity (Wildman–Crippen MR) is 45.5 cm³/mol. The molecule has 3 heteroatoms. The van der Waals surface area contributed by atoms with Crippen molar-refractivity contribution >= 4 is 5.90 Å². The highest BCUT2D eigenvalue weighted by Crippen LogP contribution is 1.91. The van der Waals surface area contributed by atoms with Crippen molar-refractivity contribution in [2.75, 3.05) is 13.7 Å². The molecule has 0 aliphatic rings. The molecule has 0 aliphatic carbocycles. The number of nitrogens with zero attached hydrogens (tertiary/aromatic N) is 1. The summed E-state index contributed by atoms with van der Waals surface area (Å²) in [6.07, 6.45) is 3.04. The van der Waals surface area contributed by atoms with Crippen molar-refractivity contribution < 1.29 is 9.84 Å². The lowest BCUT2D eigenvalue weighted by Gasteiger charge is -1.95. The van der Waals surface area contributed by atoms with Gasteiger partial charge in [-0.2, -0.15) is 0 Å². The first-order valence-corrected chi connectivity index (χ1v) is 3.25.